The van der Waals surface area contributed by atoms with Crippen LogP contribution in [0, 0.1) is 13.8 Å². The number of benzene rings is 2. The van der Waals surface area contributed by atoms with Gasteiger partial charge in [0, 0.05) is 17.7 Å². The number of aryl methyl sites for hydroxylation is 2. The average molecular weight is 354 g/mol. The van der Waals surface area contributed by atoms with E-state index in [4.69, 9.17) is 14.2 Å². The molecule has 0 aliphatic rings. The molecule has 26 heavy (non-hydrogen) atoms. The maximum Gasteiger partial charge on any atom is 0.262 e. The van der Waals surface area contributed by atoms with E-state index in [0.717, 1.165) is 22.4 Å². The summed E-state index contributed by atoms with van der Waals surface area (Å²) >= 11 is 0. The molecule has 136 valence electrons. The van der Waals surface area contributed by atoms with Crippen LogP contribution in [0.4, 0.5) is 0 Å². The molecule has 1 N–H and O–H groups in total. The second-order valence-electron chi connectivity index (χ2n) is 6.01. The summed E-state index contributed by atoms with van der Waals surface area (Å²) < 4.78 is 16.3. The summed E-state index contributed by atoms with van der Waals surface area (Å²) in [6.45, 7) is 6.51. The summed E-state index contributed by atoms with van der Waals surface area (Å²) in [5.41, 5.74) is 3.07. The predicted molar refractivity (Wildman–Crippen MR) is 102 cm³/mol. The van der Waals surface area contributed by atoms with Gasteiger partial charge in [-0.1, -0.05) is 0 Å². The highest BCUT2D eigenvalue weighted by Crippen LogP contribution is 2.31. The Balaban J connectivity index is 2.22. The molecule has 2 aromatic carbocycles. The molecule has 3 rings (SSSR count). The van der Waals surface area contributed by atoms with Gasteiger partial charge in [-0.2, -0.15) is 0 Å². The van der Waals surface area contributed by atoms with Crippen molar-refractivity contribution in [1.29, 1.82) is 0 Å². The first-order valence-electron chi connectivity index (χ1n) is 8.39. The van der Waals surface area contributed by atoms with E-state index >= 15 is 0 Å². The lowest BCUT2D eigenvalue weighted by molar-refractivity contribution is 0.335. The fourth-order valence-electron chi connectivity index (χ4n) is 3.09. The Morgan fingerprint density at radius 1 is 1.04 bits per heavy atom. The highest BCUT2D eigenvalue weighted by atomic mass is 16.5. The van der Waals surface area contributed by atoms with Crippen LogP contribution in [0.5, 0.6) is 17.2 Å². The quantitative estimate of drug-likeness (QED) is 0.757. The minimum Gasteiger partial charge on any atom is -0.497 e. The molecule has 0 unspecified atom stereocenters. The molecule has 0 aliphatic heterocycles. The summed E-state index contributed by atoms with van der Waals surface area (Å²) in [5, 5.41) is 0.399. The highest BCUT2D eigenvalue weighted by Gasteiger charge is 2.14. The summed E-state index contributed by atoms with van der Waals surface area (Å²) in [7, 11) is 3.08. The van der Waals surface area contributed by atoms with E-state index in [0.29, 0.717) is 34.8 Å². The number of methoxy groups -OCH3 is 2. The van der Waals surface area contributed by atoms with Gasteiger partial charge >= 0.3 is 0 Å². The second kappa shape index (κ2) is 7.07. The van der Waals surface area contributed by atoms with E-state index in [-0.39, 0.29) is 5.56 Å². The topological polar surface area (TPSA) is 73.4 Å². The number of hydrogen-bond donors (Lipinski definition) is 1. The van der Waals surface area contributed by atoms with E-state index in [1.54, 1.807) is 19.2 Å². The predicted octanol–water partition coefficient (Wildman–Crippen LogP) is 3.62. The van der Waals surface area contributed by atoms with Crippen LogP contribution in [0.15, 0.2) is 29.1 Å². The van der Waals surface area contributed by atoms with Crippen LogP contribution in [0.25, 0.3) is 22.3 Å². The van der Waals surface area contributed by atoms with Crippen LogP contribution in [0.3, 0.4) is 0 Å². The Hall–Kier alpha value is -3.02. The Kier molecular flexibility index (Phi) is 4.84. The van der Waals surface area contributed by atoms with E-state index < -0.39 is 0 Å². The van der Waals surface area contributed by atoms with Gasteiger partial charge in [0.25, 0.3) is 5.56 Å². The summed E-state index contributed by atoms with van der Waals surface area (Å²) in [6, 6.07) is 7.31. The molecule has 0 fully saturated rings. The summed E-state index contributed by atoms with van der Waals surface area (Å²) in [6.07, 6.45) is 0. The summed E-state index contributed by atoms with van der Waals surface area (Å²) in [5.74, 6) is 2.37. The van der Waals surface area contributed by atoms with Crippen LogP contribution in [0.2, 0.25) is 0 Å². The third-order valence-electron chi connectivity index (χ3n) is 4.22. The van der Waals surface area contributed by atoms with Crippen molar-refractivity contribution in [3.8, 4) is 28.6 Å². The van der Waals surface area contributed by atoms with Crippen LogP contribution < -0.4 is 19.8 Å². The first-order chi connectivity index (χ1) is 12.5. The maximum atomic E-state index is 12.7. The molecule has 3 aromatic rings. The Bertz CT molecular complexity index is 1000. The van der Waals surface area contributed by atoms with Crippen molar-refractivity contribution < 1.29 is 14.2 Å². The van der Waals surface area contributed by atoms with Gasteiger partial charge in [-0.05, 0) is 44.0 Å². The van der Waals surface area contributed by atoms with Crippen LogP contribution >= 0.6 is 0 Å². The third-order valence-corrected chi connectivity index (χ3v) is 4.22. The van der Waals surface area contributed by atoms with Gasteiger partial charge in [-0.25, -0.2) is 4.98 Å². The first-order valence-corrected chi connectivity index (χ1v) is 8.39. The third kappa shape index (κ3) is 3.10. The molecule has 6 heteroatoms. The zero-order valence-electron chi connectivity index (χ0n) is 15.6. The van der Waals surface area contributed by atoms with Crippen molar-refractivity contribution in [1.82, 2.24) is 9.97 Å². The molecule has 0 saturated heterocycles. The fraction of sp³-hybridized carbons (Fsp3) is 0.300. The van der Waals surface area contributed by atoms with Crippen LogP contribution in [0.1, 0.15) is 18.1 Å². The number of fused-ring (bicyclic) bond motifs is 1. The Morgan fingerprint density at radius 3 is 2.31 bits per heavy atom. The molecule has 0 amide bonds. The number of nitrogens with one attached hydrogen (secondary N) is 1. The molecule has 0 aliphatic carbocycles. The maximum absolute atomic E-state index is 12.7. The SMILES string of the molecule is CCOc1c(C)cc(-c2nc3cc(OC)cc(OC)c3c(=O)[nH]2)cc1C. The van der Waals surface area contributed by atoms with Crippen molar-refractivity contribution in [2.45, 2.75) is 20.8 Å². The monoisotopic (exact) mass is 354 g/mol. The number of nitrogens with zero attached hydrogens (tertiary/aromatic N) is 1. The minimum absolute atomic E-state index is 0.256. The number of aromatic amines is 1. The van der Waals surface area contributed by atoms with Gasteiger partial charge < -0.3 is 19.2 Å². The zero-order chi connectivity index (χ0) is 18.8. The van der Waals surface area contributed by atoms with Gasteiger partial charge in [-0.15, -0.1) is 0 Å². The molecule has 6 nitrogen and oxygen atoms in total. The molecule has 0 atom stereocenters. The average Bonchev–Trinajstić information content (AvgIpc) is 2.63. The molecule has 0 bridgehead atoms. The Labute approximate surface area is 151 Å². The van der Waals surface area contributed by atoms with E-state index in [1.165, 1.54) is 7.11 Å². The van der Waals surface area contributed by atoms with Crippen molar-refractivity contribution in [2.24, 2.45) is 0 Å². The number of rotatable bonds is 5. The number of aromatic nitrogens is 2. The zero-order valence-corrected chi connectivity index (χ0v) is 15.6. The molecular weight excluding hydrogens is 332 g/mol. The van der Waals surface area contributed by atoms with E-state index in [2.05, 4.69) is 9.97 Å². The van der Waals surface area contributed by atoms with Gasteiger partial charge in [0.05, 0.1) is 26.3 Å². The highest BCUT2D eigenvalue weighted by molar-refractivity contribution is 5.87. The Morgan fingerprint density at radius 2 is 1.73 bits per heavy atom. The fourth-order valence-corrected chi connectivity index (χ4v) is 3.09. The minimum atomic E-state index is -0.256. The number of hydrogen-bond acceptors (Lipinski definition) is 5. The van der Waals surface area contributed by atoms with Gasteiger partial charge in [0.2, 0.25) is 0 Å². The standard InChI is InChI=1S/C20H22N2O4/c1-6-26-18-11(2)7-13(8-12(18)3)19-21-15-9-14(24-4)10-16(25-5)17(15)20(23)22-19/h7-10H,6H2,1-5H3,(H,21,22,23). The van der Waals surface area contributed by atoms with Gasteiger partial charge in [0.15, 0.2) is 0 Å². The van der Waals surface area contributed by atoms with Gasteiger partial charge in [-0.3, -0.25) is 4.79 Å². The van der Waals surface area contributed by atoms with Crippen molar-refractivity contribution in [2.75, 3.05) is 20.8 Å². The second-order valence-corrected chi connectivity index (χ2v) is 6.01. The lowest BCUT2D eigenvalue weighted by Crippen LogP contribution is -2.11. The number of H-pyrrole nitrogens is 1. The molecule has 1 aromatic heterocycles. The summed E-state index contributed by atoms with van der Waals surface area (Å²) in [4.78, 5) is 20.1. The first kappa shape index (κ1) is 17.8. The van der Waals surface area contributed by atoms with E-state index in [1.807, 2.05) is 32.9 Å². The largest absolute Gasteiger partial charge is 0.497 e. The smallest absolute Gasteiger partial charge is 0.262 e. The molecular formula is C20H22N2O4. The normalized spacial score (nSPS) is 10.8. The van der Waals surface area contributed by atoms with Crippen molar-refractivity contribution >= 4 is 10.9 Å². The lowest BCUT2D eigenvalue weighted by atomic mass is 10.0. The van der Waals surface area contributed by atoms with Crippen molar-refractivity contribution in [3.63, 3.8) is 0 Å². The molecule has 0 radical (unpaired) electrons. The van der Waals surface area contributed by atoms with Crippen LogP contribution in [-0.4, -0.2) is 30.8 Å². The van der Waals surface area contributed by atoms with Gasteiger partial charge in [0.1, 0.15) is 28.5 Å². The molecule has 0 spiro atoms. The van der Waals surface area contributed by atoms with Crippen LogP contribution in [-0.2, 0) is 0 Å². The molecule has 0 saturated carbocycles. The van der Waals surface area contributed by atoms with E-state index in [9.17, 15) is 4.79 Å². The lowest BCUT2D eigenvalue weighted by Gasteiger charge is -2.13. The van der Waals surface area contributed by atoms with Crippen molar-refractivity contribution in [3.05, 3.63) is 45.7 Å². The molecule has 1 heterocycles. The number of ether oxygens (including phenoxy) is 3.